The molecule has 0 fully saturated rings. The van der Waals surface area contributed by atoms with Crippen LogP contribution < -0.4 is 5.73 Å². The Hall–Kier alpha value is -0.780. The summed E-state index contributed by atoms with van der Waals surface area (Å²) in [4.78, 5) is 0. The fraction of sp³-hybridized carbons (Fsp3) is 0.0909. The Morgan fingerprint density at radius 3 is 2.38 bits per heavy atom. The van der Waals surface area contributed by atoms with Gasteiger partial charge in [-0.1, -0.05) is 15.9 Å². The largest absolute Gasteiger partial charge is 0.320 e. The fourth-order valence-electron chi connectivity index (χ4n) is 1.47. The van der Waals surface area contributed by atoms with E-state index in [0.717, 1.165) is 0 Å². The number of rotatable bonds is 2. The van der Waals surface area contributed by atoms with Crippen LogP contribution in [-0.4, -0.2) is 0 Å². The molecular formula is C11H8BrF2NS. The molecule has 84 valence electrons. The lowest BCUT2D eigenvalue weighted by Gasteiger charge is -2.13. The predicted octanol–water partition coefficient (Wildman–Crippen LogP) is 3.84. The standard InChI is InChI=1S/C11H8BrF2NS/c12-7-3-8(13)10(9(14)4-7)11(15)6-1-2-16-5-6/h1-5,11H,15H2/t11-/m0/s1. The van der Waals surface area contributed by atoms with Crippen molar-refractivity contribution < 1.29 is 8.78 Å². The van der Waals surface area contributed by atoms with Gasteiger partial charge in [0.2, 0.25) is 0 Å². The van der Waals surface area contributed by atoms with Crippen molar-refractivity contribution in [2.45, 2.75) is 6.04 Å². The van der Waals surface area contributed by atoms with Gasteiger partial charge in [-0.3, -0.25) is 0 Å². The Morgan fingerprint density at radius 2 is 1.88 bits per heavy atom. The van der Waals surface area contributed by atoms with Crippen molar-refractivity contribution in [2.75, 3.05) is 0 Å². The van der Waals surface area contributed by atoms with Crippen molar-refractivity contribution in [1.29, 1.82) is 0 Å². The zero-order chi connectivity index (χ0) is 11.7. The molecule has 0 unspecified atom stereocenters. The maximum Gasteiger partial charge on any atom is 0.132 e. The summed E-state index contributed by atoms with van der Waals surface area (Å²) < 4.78 is 27.6. The van der Waals surface area contributed by atoms with Crippen LogP contribution in [0.5, 0.6) is 0 Å². The Kier molecular flexibility index (Phi) is 3.37. The molecule has 1 heterocycles. The second kappa shape index (κ2) is 4.61. The second-order valence-corrected chi connectivity index (χ2v) is 5.01. The topological polar surface area (TPSA) is 26.0 Å². The third-order valence-corrected chi connectivity index (χ3v) is 3.42. The lowest BCUT2D eigenvalue weighted by molar-refractivity contribution is 0.542. The van der Waals surface area contributed by atoms with E-state index in [4.69, 9.17) is 5.73 Å². The normalized spacial score (nSPS) is 12.8. The van der Waals surface area contributed by atoms with Gasteiger partial charge in [-0.15, -0.1) is 0 Å². The first-order valence-corrected chi connectivity index (χ1v) is 6.25. The van der Waals surface area contributed by atoms with E-state index in [0.29, 0.717) is 10.0 Å². The lowest BCUT2D eigenvalue weighted by atomic mass is 10.0. The van der Waals surface area contributed by atoms with Gasteiger partial charge in [0.15, 0.2) is 0 Å². The molecule has 2 rings (SSSR count). The molecule has 1 nitrogen and oxygen atoms in total. The van der Waals surface area contributed by atoms with E-state index in [-0.39, 0.29) is 5.56 Å². The SMILES string of the molecule is N[C@@H](c1ccsc1)c1c(F)cc(Br)cc1F. The van der Waals surface area contributed by atoms with Crippen LogP contribution in [0.1, 0.15) is 17.2 Å². The highest BCUT2D eigenvalue weighted by Gasteiger charge is 2.19. The molecule has 1 aromatic carbocycles. The van der Waals surface area contributed by atoms with E-state index in [1.807, 2.05) is 5.38 Å². The van der Waals surface area contributed by atoms with Crippen LogP contribution in [0.15, 0.2) is 33.4 Å². The van der Waals surface area contributed by atoms with E-state index in [9.17, 15) is 8.78 Å². The van der Waals surface area contributed by atoms with Crippen LogP contribution in [0.4, 0.5) is 8.78 Å². The Labute approximate surface area is 104 Å². The van der Waals surface area contributed by atoms with Crippen molar-refractivity contribution in [3.05, 3.63) is 56.2 Å². The first kappa shape index (κ1) is 11.7. The lowest BCUT2D eigenvalue weighted by Crippen LogP contribution is -2.15. The Morgan fingerprint density at radius 1 is 1.25 bits per heavy atom. The highest BCUT2D eigenvalue weighted by Crippen LogP contribution is 2.28. The summed E-state index contributed by atoms with van der Waals surface area (Å²) in [7, 11) is 0. The summed E-state index contributed by atoms with van der Waals surface area (Å²) in [6.45, 7) is 0. The summed E-state index contributed by atoms with van der Waals surface area (Å²) >= 11 is 4.47. The average Bonchev–Trinajstić information content (AvgIpc) is 2.67. The molecule has 0 spiro atoms. The minimum Gasteiger partial charge on any atom is -0.320 e. The maximum atomic E-state index is 13.6. The molecule has 2 N–H and O–H groups in total. The molecule has 5 heteroatoms. The number of benzene rings is 1. The molecule has 2 aromatic rings. The number of nitrogens with two attached hydrogens (primary N) is 1. The van der Waals surface area contributed by atoms with Crippen molar-refractivity contribution in [3.8, 4) is 0 Å². The highest BCUT2D eigenvalue weighted by atomic mass is 79.9. The summed E-state index contributed by atoms with van der Waals surface area (Å²) in [5.41, 5.74) is 6.44. The summed E-state index contributed by atoms with van der Waals surface area (Å²) in [5, 5.41) is 3.61. The molecule has 0 radical (unpaired) electrons. The molecule has 1 atom stereocenters. The monoisotopic (exact) mass is 303 g/mol. The van der Waals surface area contributed by atoms with Gasteiger partial charge in [-0.2, -0.15) is 11.3 Å². The molecule has 0 saturated heterocycles. The molecule has 0 aliphatic heterocycles. The van der Waals surface area contributed by atoms with E-state index in [1.165, 1.54) is 23.5 Å². The smallest absolute Gasteiger partial charge is 0.132 e. The maximum absolute atomic E-state index is 13.6. The van der Waals surface area contributed by atoms with Crippen molar-refractivity contribution in [2.24, 2.45) is 5.73 Å². The number of halogens is 3. The third kappa shape index (κ3) is 2.16. The van der Waals surface area contributed by atoms with Gasteiger partial charge in [0.25, 0.3) is 0 Å². The average molecular weight is 304 g/mol. The van der Waals surface area contributed by atoms with Crippen LogP contribution in [0.3, 0.4) is 0 Å². The molecule has 16 heavy (non-hydrogen) atoms. The molecule has 0 aliphatic carbocycles. The number of hydrogen-bond acceptors (Lipinski definition) is 2. The van der Waals surface area contributed by atoms with Gasteiger partial charge in [0.1, 0.15) is 11.6 Å². The zero-order valence-corrected chi connectivity index (χ0v) is 10.5. The van der Waals surface area contributed by atoms with E-state index in [2.05, 4.69) is 15.9 Å². The molecule has 0 aliphatic rings. The van der Waals surface area contributed by atoms with Crippen molar-refractivity contribution in [1.82, 2.24) is 0 Å². The van der Waals surface area contributed by atoms with Crippen LogP contribution >= 0.6 is 27.3 Å². The van der Waals surface area contributed by atoms with Gasteiger partial charge >= 0.3 is 0 Å². The van der Waals surface area contributed by atoms with Crippen LogP contribution in [0.25, 0.3) is 0 Å². The summed E-state index contributed by atoms with van der Waals surface area (Å²) in [6, 6.07) is 3.42. The van der Waals surface area contributed by atoms with Crippen LogP contribution in [-0.2, 0) is 0 Å². The highest BCUT2D eigenvalue weighted by molar-refractivity contribution is 9.10. The van der Waals surface area contributed by atoms with E-state index in [1.54, 1.807) is 11.4 Å². The van der Waals surface area contributed by atoms with Gasteiger partial charge in [-0.25, -0.2) is 8.78 Å². The second-order valence-electron chi connectivity index (χ2n) is 3.32. The van der Waals surface area contributed by atoms with Crippen LogP contribution in [0.2, 0.25) is 0 Å². The van der Waals surface area contributed by atoms with Gasteiger partial charge < -0.3 is 5.73 Å². The minimum atomic E-state index is -0.764. The minimum absolute atomic E-state index is 0.0957. The first-order valence-electron chi connectivity index (χ1n) is 4.51. The fourth-order valence-corrected chi connectivity index (χ4v) is 2.57. The predicted molar refractivity (Wildman–Crippen MR) is 64.4 cm³/mol. The van der Waals surface area contributed by atoms with Crippen molar-refractivity contribution >= 4 is 27.3 Å². The quantitative estimate of drug-likeness (QED) is 0.896. The Bertz CT molecular complexity index is 476. The molecule has 0 bridgehead atoms. The number of hydrogen-bond donors (Lipinski definition) is 1. The molecule has 0 saturated carbocycles. The molecule has 0 amide bonds. The van der Waals surface area contributed by atoms with Crippen LogP contribution in [0, 0.1) is 11.6 Å². The van der Waals surface area contributed by atoms with Gasteiger partial charge in [0, 0.05) is 10.0 Å². The van der Waals surface area contributed by atoms with Crippen molar-refractivity contribution in [3.63, 3.8) is 0 Å². The number of thiophene rings is 1. The first-order chi connectivity index (χ1) is 7.59. The molecular weight excluding hydrogens is 296 g/mol. The van der Waals surface area contributed by atoms with E-state index < -0.39 is 17.7 Å². The molecule has 1 aromatic heterocycles. The zero-order valence-electron chi connectivity index (χ0n) is 8.08. The van der Waals surface area contributed by atoms with Gasteiger partial charge in [0.05, 0.1) is 6.04 Å². The third-order valence-electron chi connectivity index (χ3n) is 2.26. The van der Waals surface area contributed by atoms with Gasteiger partial charge in [-0.05, 0) is 34.5 Å². The summed E-state index contributed by atoms with van der Waals surface area (Å²) in [5.74, 6) is -1.27. The summed E-state index contributed by atoms with van der Waals surface area (Å²) in [6.07, 6.45) is 0. The van der Waals surface area contributed by atoms with E-state index >= 15 is 0 Å². The Balaban J connectivity index is 2.48.